The molecule has 2 N–H and O–H groups in total. The number of hydrogen-bond donors (Lipinski definition) is 1. The van der Waals surface area contributed by atoms with Gasteiger partial charge in [-0.2, -0.15) is 13.2 Å². The lowest BCUT2D eigenvalue weighted by Crippen LogP contribution is -2.32. The van der Waals surface area contributed by atoms with Crippen molar-refractivity contribution >= 4 is 28.3 Å². The quantitative estimate of drug-likeness (QED) is 0.477. The first kappa shape index (κ1) is 20.8. The smallest absolute Gasteiger partial charge is 0.416 e. The monoisotopic (exact) mass is 467 g/mol. The number of nitrogens with zero attached hydrogens (tertiary/aromatic N) is 4. The number of carbonyl (C=O) groups is 1. The average Bonchev–Trinajstić information content (AvgIpc) is 3.40. The highest BCUT2D eigenvalue weighted by atomic mass is 19.4. The Morgan fingerprint density at radius 1 is 1.18 bits per heavy atom. The molecular weight excluding hydrogens is 447 g/mol. The van der Waals surface area contributed by atoms with E-state index in [0.717, 1.165) is 36.3 Å². The van der Waals surface area contributed by atoms with Gasteiger partial charge in [0.2, 0.25) is 0 Å². The normalized spacial score (nSPS) is 17.7. The summed E-state index contributed by atoms with van der Waals surface area (Å²) < 4.78 is 46.6. The highest BCUT2D eigenvalue weighted by Gasteiger charge is 2.36. The van der Waals surface area contributed by atoms with Gasteiger partial charge in [-0.1, -0.05) is 6.07 Å². The summed E-state index contributed by atoms with van der Waals surface area (Å²) in [5, 5.41) is 0. The SMILES string of the molecule is CN(C(=O)c1ccc2nc(N)c3cnc(C4CC4)n3c2c1)[C@@H]1COc2cc(C(F)(F)F)ccc21. The standard InChI is InChI=1S/C24H20F3N5O2/c1-31(19-11-34-20-9-14(24(25,26)27)5-6-15(19)20)23(33)13-4-7-16-17(8-13)32-18(21(28)30-16)10-29-22(32)12-2-3-12/h4-10,12,19H,2-3,11H2,1H3,(H2,28,30)/t19-/m1/s1. The molecule has 1 amide bonds. The molecule has 10 heteroatoms. The predicted molar refractivity (Wildman–Crippen MR) is 119 cm³/mol. The van der Waals surface area contributed by atoms with E-state index in [9.17, 15) is 18.0 Å². The first-order valence-corrected chi connectivity index (χ1v) is 10.9. The molecule has 1 aliphatic heterocycles. The molecule has 3 heterocycles. The number of benzene rings is 2. The molecule has 6 rings (SSSR count). The lowest BCUT2D eigenvalue weighted by atomic mass is 10.0. The summed E-state index contributed by atoms with van der Waals surface area (Å²) in [7, 11) is 1.62. The summed E-state index contributed by atoms with van der Waals surface area (Å²) in [4.78, 5) is 23.9. The first-order chi connectivity index (χ1) is 16.2. The molecule has 0 bridgehead atoms. The van der Waals surface area contributed by atoms with Gasteiger partial charge >= 0.3 is 6.18 Å². The van der Waals surface area contributed by atoms with Crippen LogP contribution in [0.3, 0.4) is 0 Å². The lowest BCUT2D eigenvalue weighted by molar-refractivity contribution is -0.137. The van der Waals surface area contributed by atoms with Crippen LogP contribution in [-0.4, -0.2) is 38.8 Å². The minimum Gasteiger partial charge on any atom is -0.491 e. The van der Waals surface area contributed by atoms with Gasteiger partial charge in [0.25, 0.3) is 5.91 Å². The van der Waals surface area contributed by atoms with E-state index in [2.05, 4.69) is 9.97 Å². The van der Waals surface area contributed by atoms with Gasteiger partial charge in [-0.25, -0.2) is 9.97 Å². The Kier molecular flexibility index (Phi) is 4.33. The molecule has 4 aromatic rings. The number of nitrogen functional groups attached to an aromatic ring is 1. The summed E-state index contributed by atoms with van der Waals surface area (Å²) in [6, 6.07) is 8.07. The van der Waals surface area contributed by atoms with Gasteiger partial charge in [0.05, 0.1) is 28.8 Å². The van der Waals surface area contributed by atoms with Crippen LogP contribution in [0, 0.1) is 0 Å². The van der Waals surface area contributed by atoms with E-state index in [1.54, 1.807) is 31.4 Å². The molecule has 174 valence electrons. The number of fused-ring (bicyclic) bond motifs is 4. The number of alkyl halides is 3. The third kappa shape index (κ3) is 3.16. The fourth-order valence-electron chi connectivity index (χ4n) is 4.58. The molecule has 34 heavy (non-hydrogen) atoms. The van der Waals surface area contributed by atoms with Gasteiger partial charge in [0.1, 0.15) is 29.5 Å². The summed E-state index contributed by atoms with van der Waals surface area (Å²) in [5.41, 5.74) is 8.42. The maximum absolute atomic E-state index is 13.4. The molecule has 0 saturated heterocycles. The number of halogens is 3. The summed E-state index contributed by atoms with van der Waals surface area (Å²) in [6.07, 6.45) is -0.639. The van der Waals surface area contributed by atoms with Crippen molar-refractivity contribution < 1.29 is 22.7 Å². The molecule has 1 saturated carbocycles. The second kappa shape index (κ2) is 7.09. The van der Waals surface area contributed by atoms with Crippen LogP contribution < -0.4 is 10.5 Å². The maximum atomic E-state index is 13.4. The Bertz CT molecular complexity index is 1480. The number of rotatable bonds is 3. The van der Waals surface area contributed by atoms with Crippen LogP contribution in [0.15, 0.2) is 42.6 Å². The molecule has 1 fully saturated rings. The van der Waals surface area contributed by atoms with Gasteiger partial charge < -0.3 is 15.4 Å². The van der Waals surface area contributed by atoms with E-state index >= 15 is 0 Å². The Morgan fingerprint density at radius 2 is 1.97 bits per heavy atom. The van der Waals surface area contributed by atoms with Crippen molar-refractivity contribution in [3.63, 3.8) is 0 Å². The molecule has 1 aliphatic carbocycles. The summed E-state index contributed by atoms with van der Waals surface area (Å²) in [5.74, 6) is 1.52. The van der Waals surface area contributed by atoms with E-state index in [1.807, 2.05) is 4.40 Å². The second-order valence-electron chi connectivity index (χ2n) is 8.81. The van der Waals surface area contributed by atoms with Gasteiger partial charge in [0, 0.05) is 24.1 Å². The Labute approximate surface area is 192 Å². The van der Waals surface area contributed by atoms with Crippen LogP contribution in [0.5, 0.6) is 5.75 Å². The largest absolute Gasteiger partial charge is 0.491 e. The molecule has 0 spiro atoms. The number of carbonyl (C=O) groups excluding carboxylic acids is 1. The molecule has 2 aliphatic rings. The van der Waals surface area contributed by atoms with Crippen LogP contribution in [0.25, 0.3) is 16.6 Å². The van der Waals surface area contributed by atoms with Crippen molar-refractivity contribution in [2.24, 2.45) is 0 Å². The van der Waals surface area contributed by atoms with Gasteiger partial charge in [0.15, 0.2) is 0 Å². The van der Waals surface area contributed by atoms with Crippen molar-refractivity contribution in [1.29, 1.82) is 0 Å². The summed E-state index contributed by atoms with van der Waals surface area (Å²) >= 11 is 0. The zero-order valence-corrected chi connectivity index (χ0v) is 18.1. The number of aromatic nitrogens is 3. The van der Waals surface area contributed by atoms with E-state index in [4.69, 9.17) is 10.5 Å². The van der Waals surface area contributed by atoms with E-state index in [-0.39, 0.29) is 18.3 Å². The molecular formula is C24H20F3N5O2. The Morgan fingerprint density at radius 3 is 2.71 bits per heavy atom. The van der Waals surface area contributed by atoms with Crippen LogP contribution in [-0.2, 0) is 6.18 Å². The van der Waals surface area contributed by atoms with Crippen LogP contribution in [0.1, 0.15) is 52.1 Å². The molecule has 7 nitrogen and oxygen atoms in total. The topological polar surface area (TPSA) is 85.8 Å². The van der Waals surface area contributed by atoms with Crippen LogP contribution in [0.4, 0.5) is 19.0 Å². The Balaban J connectivity index is 1.37. The minimum atomic E-state index is -4.46. The van der Waals surface area contributed by atoms with E-state index in [1.165, 1.54) is 11.0 Å². The number of amides is 1. The molecule has 0 unspecified atom stereocenters. The third-order valence-electron chi connectivity index (χ3n) is 6.58. The highest BCUT2D eigenvalue weighted by molar-refractivity contribution is 5.98. The van der Waals surface area contributed by atoms with Gasteiger partial charge in [-0.05, 0) is 43.2 Å². The predicted octanol–water partition coefficient (Wildman–Crippen LogP) is 4.57. The van der Waals surface area contributed by atoms with E-state index in [0.29, 0.717) is 33.9 Å². The number of nitrogens with two attached hydrogens (primary N) is 1. The van der Waals surface area contributed by atoms with E-state index < -0.39 is 17.8 Å². The van der Waals surface area contributed by atoms with Crippen molar-refractivity contribution in [1.82, 2.24) is 19.3 Å². The van der Waals surface area contributed by atoms with Gasteiger partial charge in [-0.3, -0.25) is 9.20 Å². The lowest BCUT2D eigenvalue weighted by Gasteiger charge is -2.24. The number of ether oxygens (including phenoxy) is 1. The van der Waals surface area contributed by atoms with Gasteiger partial charge in [-0.15, -0.1) is 0 Å². The molecule has 0 radical (unpaired) electrons. The number of anilines is 1. The zero-order chi connectivity index (χ0) is 23.8. The van der Waals surface area contributed by atoms with Crippen molar-refractivity contribution in [2.75, 3.05) is 19.4 Å². The fourth-order valence-corrected chi connectivity index (χ4v) is 4.58. The van der Waals surface area contributed by atoms with Crippen molar-refractivity contribution in [3.05, 3.63) is 65.1 Å². The number of imidazole rings is 1. The molecule has 2 aromatic heterocycles. The summed E-state index contributed by atoms with van der Waals surface area (Å²) in [6.45, 7) is 0.0855. The van der Waals surface area contributed by atoms with Crippen LogP contribution in [0.2, 0.25) is 0 Å². The average molecular weight is 467 g/mol. The van der Waals surface area contributed by atoms with Crippen molar-refractivity contribution in [2.45, 2.75) is 31.0 Å². The minimum absolute atomic E-state index is 0.0855. The maximum Gasteiger partial charge on any atom is 0.416 e. The Hall–Kier alpha value is -3.82. The zero-order valence-electron chi connectivity index (χ0n) is 18.1. The number of likely N-dealkylation sites (N-methyl/N-ethyl adjacent to an activating group) is 1. The number of hydrogen-bond acceptors (Lipinski definition) is 5. The first-order valence-electron chi connectivity index (χ1n) is 10.9. The van der Waals surface area contributed by atoms with Crippen LogP contribution >= 0.6 is 0 Å². The fraction of sp³-hybridized carbons (Fsp3) is 0.292. The second-order valence-corrected chi connectivity index (χ2v) is 8.81. The molecule has 1 atom stereocenters. The highest BCUT2D eigenvalue weighted by Crippen LogP contribution is 2.42. The van der Waals surface area contributed by atoms with Crippen molar-refractivity contribution in [3.8, 4) is 5.75 Å². The molecule has 2 aromatic carbocycles. The third-order valence-corrected chi connectivity index (χ3v) is 6.58.